The Morgan fingerprint density at radius 2 is 1.68 bits per heavy atom. The van der Waals surface area contributed by atoms with E-state index < -0.39 is 6.10 Å². The molecule has 0 bridgehead atoms. The summed E-state index contributed by atoms with van der Waals surface area (Å²) in [6.45, 7) is 3.71. The largest absolute Gasteiger partial charge is 0.493 e. The minimum absolute atomic E-state index is 0. The van der Waals surface area contributed by atoms with Gasteiger partial charge in [0.2, 0.25) is 0 Å². The first-order valence-corrected chi connectivity index (χ1v) is 14.0. The maximum atomic E-state index is 13.2. The van der Waals surface area contributed by atoms with Gasteiger partial charge >= 0.3 is 0 Å². The van der Waals surface area contributed by atoms with E-state index in [1.807, 2.05) is 35.2 Å². The van der Waals surface area contributed by atoms with Crippen molar-refractivity contribution in [3.8, 4) is 23.0 Å². The van der Waals surface area contributed by atoms with Crippen molar-refractivity contribution in [2.24, 2.45) is 5.92 Å². The molecule has 1 N–H and O–H groups in total. The molecule has 1 amide bonds. The topological polar surface area (TPSA) is 80.7 Å². The third-order valence-corrected chi connectivity index (χ3v) is 8.23. The number of ether oxygens (including phenoxy) is 4. The van der Waals surface area contributed by atoms with E-state index in [4.69, 9.17) is 18.9 Å². The highest BCUT2D eigenvalue weighted by Crippen LogP contribution is 2.37. The van der Waals surface area contributed by atoms with Gasteiger partial charge in [-0.3, -0.25) is 4.79 Å². The SMILES string of the molecule is COc1cc2c(cc1OC)C(=O)N(CC1CCCCN(CC(O)Cc3cccc4c(OC)c(OC)ccc34)C1)C2.Cl. The number of rotatable bonds is 10. The number of β-amino-alcohol motifs (C(OH)–C–C–N with tert-alkyl or cyclic N) is 1. The highest BCUT2D eigenvalue weighted by Gasteiger charge is 2.32. The number of hydrogen-bond acceptors (Lipinski definition) is 7. The number of carbonyl (C=O) groups is 1. The summed E-state index contributed by atoms with van der Waals surface area (Å²) < 4.78 is 21.9. The second-order valence-corrected chi connectivity index (χ2v) is 10.8. The summed E-state index contributed by atoms with van der Waals surface area (Å²) in [5.74, 6) is 3.04. The Balaban J connectivity index is 0.00000387. The fourth-order valence-electron chi connectivity index (χ4n) is 6.33. The minimum Gasteiger partial charge on any atom is -0.493 e. The summed E-state index contributed by atoms with van der Waals surface area (Å²) in [6.07, 6.45) is 3.34. The second kappa shape index (κ2) is 13.6. The van der Waals surface area contributed by atoms with Gasteiger partial charge in [-0.2, -0.15) is 0 Å². The molecule has 1 saturated heterocycles. The van der Waals surface area contributed by atoms with Crippen LogP contribution in [0.4, 0.5) is 0 Å². The van der Waals surface area contributed by atoms with Crippen LogP contribution in [0.2, 0.25) is 0 Å². The Hall–Kier alpha value is -3.20. The average molecular weight is 585 g/mol. The van der Waals surface area contributed by atoms with Crippen LogP contribution in [0.15, 0.2) is 42.5 Å². The van der Waals surface area contributed by atoms with Crippen LogP contribution in [-0.2, 0) is 13.0 Å². The number of carbonyl (C=O) groups excluding carboxylic acids is 1. The van der Waals surface area contributed by atoms with Crippen molar-refractivity contribution in [3.63, 3.8) is 0 Å². The molecule has 8 nitrogen and oxygen atoms in total. The molecule has 3 aromatic rings. The predicted molar refractivity (Wildman–Crippen MR) is 162 cm³/mol. The number of nitrogens with zero attached hydrogens (tertiary/aromatic N) is 2. The van der Waals surface area contributed by atoms with Crippen molar-refractivity contribution in [2.75, 3.05) is 54.6 Å². The molecule has 0 radical (unpaired) electrons. The third kappa shape index (κ3) is 6.50. The summed E-state index contributed by atoms with van der Waals surface area (Å²) in [6, 6.07) is 13.8. The molecule has 3 aromatic carbocycles. The first-order valence-electron chi connectivity index (χ1n) is 14.0. The van der Waals surface area contributed by atoms with Crippen LogP contribution in [0.3, 0.4) is 0 Å². The number of aliphatic hydroxyl groups excluding tert-OH is 1. The van der Waals surface area contributed by atoms with Gasteiger partial charge in [-0.25, -0.2) is 0 Å². The van der Waals surface area contributed by atoms with E-state index in [-0.39, 0.29) is 18.3 Å². The summed E-state index contributed by atoms with van der Waals surface area (Å²) in [5, 5.41) is 13.2. The highest BCUT2D eigenvalue weighted by molar-refractivity contribution is 5.99. The quantitative estimate of drug-likeness (QED) is 0.361. The number of methoxy groups -OCH3 is 4. The average Bonchev–Trinajstić information content (AvgIpc) is 3.10. The van der Waals surface area contributed by atoms with Crippen LogP contribution in [0.25, 0.3) is 10.8 Å². The normalized spacial score (nSPS) is 17.9. The molecule has 9 heteroatoms. The van der Waals surface area contributed by atoms with Crippen LogP contribution in [0.1, 0.15) is 40.7 Å². The van der Waals surface area contributed by atoms with Gasteiger partial charge in [0.1, 0.15) is 0 Å². The van der Waals surface area contributed by atoms with Gasteiger partial charge in [-0.05, 0) is 60.0 Å². The number of hydrogen-bond donors (Lipinski definition) is 1. The summed E-state index contributed by atoms with van der Waals surface area (Å²) in [5.41, 5.74) is 2.76. The molecule has 0 aromatic heterocycles. The van der Waals surface area contributed by atoms with Crippen molar-refractivity contribution >= 4 is 29.1 Å². The van der Waals surface area contributed by atoms with Gasteiger partial charge in [0.15, 0.2) is 23.0 Å². The lowest BCUT2D eigenvalue weighted by Crippen LogP contribution is -2.39. The molecule has 2 unspecified atom stereocenters. The van der Waals surface area contributed by atoms with E-state index in [1.54, 1.807) is 34.5 Å². The monoisotopic (exact) mass is 584 g/mol. The third-order valence-electron chi connectivity index (χ3n) is 8.23. The number of fused-ring (bicyclic) bond motifs is 2. The van der Waals surface area contributed by atoms with E-state index in [1.165, 1.54) is 0 Å². The summed E-state index contributed by atoms with van der Waals surface area (Å²) >= 11 is 0. The molecule has 222 valence electrons. The van der Waals surface area contributed by atoms with Crippen molar-refractivity contribution < 1.29 is 28.8 Å². The molecule has 1 fully saturated rings. The van der Waals surface area contributed by atoms with Gasteiger partial charge in [-0.1, -0.05) is 30.7 Å². The van der Waals surface area contributed by atoms with Crippen molar-refractivity contribution in [1.29, 1.82) is 0 Å². The smallest absolute Gasteiger partial charge is 0.254 e. The zero-order valence-corrected chi connectivity index (χ0v) is 25.2. The molecular weight excluding hydrogens is 544 g/mol. The molecule has 0 aliphatic carbocycles. The van der Waals surface area contributed by atoms with Crippen LogP contribution in [0.5, 0.6) is 23.0 Å². The minimum atomic E-state index is -0.505. The lowest BCUT2D eigenvalue weighted by molar-refractivity contribution is 0.0711. The van der Waals surface area contributed by atoms with Crippen molar-refractivity contribution in [1.82, 2.24) is 9.80 Å². The number of halogens is 1. The Kier molecular flexibility index (Phi) is 10.2. The van der Waals surface area contributed by atoms with Crippen molar-refractivity contribution in [3.05, 3.63) is 59.2 Å². The van der Waals surface area contributed by atoms with Crippen LogP contribution in [-0.4, -0.2) is 81.5 Å². The van der Waals surface area contributed by atoms with Gasteiger partial charge in [0.25, 0.3) is 5.91 Å². The van der Waals surface area contributed by atoms with E-state index in [9.17, 15) is 9.90 Å². The van der Waals surface area contributed by atoms with E-state index in [0.717, 1.165) is 54.3 Å². The van der Waals surface area contributed by atoms with E-state index in [0.29, 0.717) is 60.5 Å². The maximum Gasteiger partial charge on any atom is 0.254 e. The molecule has 2 aliphatic rings. The Bertz CT molecular complexity index is 1370. The Morgan fingerprint density at radius 3 is 2.41 bits per heavy atom. The van der Waals surface area contributed by atoms with Crippen LogP contribution in [0, 0.1) is 5.92 Å². The molecule has 41 heavy (non-hydrogen) atoms. The molecule has 0 spiro atoms. The first kappa shape index (κ1) is 30.8. The lowest BCUT2D eigenvalue weighted by atomic mass is 9.98. The van der Waals surface area contributed by atoms with Gasteiger partial charge in [-0.15, -0.1) is 12.4 Å². The van der Waals surface area contributed by atoms with Crippen molar-refractivity contribution in [2.45, 2.75) is 38.3 Å². The summed E-state index contributed by atoms with van der Waals surface area (Å²) in [4.78, 5) is 17.6. The fraction of sp³-hybridized carbons (Fsp3) is 0.469. The zero-order valence-electron chi connectivity index (χ0n) is 24.4. The molecule has 5 rings (SSSR count). The number of likely N-dealkylation sites (tertiary alicyclic amines) is 1. The van der Waals surface area contributed by atoms with E-state index in [2.05, 4.69) is 11.0 Å². The highest BCUT2D eigenvalue weighted by atomic mass is 35.5. The molecule has 0 saturated carbocycles. The molecule has 2 aliphatic heterocycles. The first-order chi connectivity index (χ1) is 19.4. The van der Waals surface area contributed by atoms with E-state index >= 15 is 0 Å². The van der Waals surface area contributed by atoms with Gasteiger partial charge < -0.3 is 33.9 Å². The maximum absolute atomic E-state index is 13.2. The Morgan fingerprint density at radius 1 is 0.927 bits per heavy atom. The number of aliphatic hydroxyl groups is 1. The summed E-state index contributed by atoms with van der Waals surface area (Å²) in [7, 11) is 6.49. The number of amides is 1. The fourth-order valence-corrected chi connectivity index (χ4v) is 6.33. The van der Waals surface area contributed by atoms with Crippen LogP contribution >= 0.6 is 12.4 Å². The zero-order chi connectivity index (χ0) is 28.2. The van der Waals surface area contributed by atoms with Gasteiger partial charge in [0, 0.05) is 43.5 Å². The second-order valence-electron chi connectivity index (χ2n) is 10.8. The number of benzene rings is 3. The molecule has 2 atom stereocenters. The Labute approximate surface area is 248 Å². The standard InChI is InChI=1S/C32H40N2O6.ClH/c1-37-28-12-11-25-22(9-7-10-26(25)31(28)40-4)14-24(35)20-33-13-6-5-8-21(17-33)18-34-19-23-15-29(38-2)30(39-3)16-27(23)32(34)36;/h7,9-12,15-16,21,24,35H,5-6,8,13-14,17-20H2,1-4H3;1H. The lowest BCUT2D eigenvalue weighted by Gasteiger charge is -2.29. The van der Waals surface area contributed by atoms with Gasteiger partial charge in [0.05, 0.1) is 34.5 Å². The van der Waals surface area contributed by atoms with Crippen LogP contribution < -0.4 is 18.9 Å². The molecule has 2 heterocycles. The molecular formula is C32H41ClN2O6. The predicted octanol–water partition coefficient (Wildman–Crippen LogP) is 4.96.